The van der Waals surface area contributed by atoms with Gasteiger partial charge in [0, 0.05) is 19.1 Å². The van der Waals surface area contributed by atoms with Crippen LogP contribution in [0.15, 0.2) is 0 Å². The van der Waals surface area contributed by atoms with Crippen LogP contribution in [0, 0.1) is 5.92 Å². The average molecular weight is 268 g/mol. The molecule has 0 radical (unpaired) electrons. The molecule has 1 aromatic heterocycles. The number of nitrogens with one attached hydrogen (secondary N) is 1. The molecule has 98 valence electrons. The van der Waals surface area contributed by atoms with Gasteiger partial charge >= 0.3 is 0 Å². The maximum absolute atomic E-state index is 5.97. The fraction of sp³-hybridized carbons (Fsp3) is 0.750. The van der Waals surface area contributed by atoms with E-state index in [4.69, 9.17) is 11.6 Å². The van der Waals surface area contributed by atoms with Crippen molar-refractivity contribution in [2.45, 2.75) is 38.6 Å². The van der Waals surface area contributed by atoms with Gasteiger partial charge in [-0.3, -0.25) is 0 Å². The summed E-state index contributed by atoms with van der Waals surface area (Å²) in [5.41, 5.74) is 0. The summed E-state index contributed by atoms with van der Waals surface area (Å²) in [5, 5.41) is 3.63. The summed E-state index contributed by atoms with van der Waals surface area (Å²) in [6, 6.07) is 0.514. The van der Waals surface area contributed by atoms with Crippen LogP contribution < -0.4 is 10.2 Å². The highest BCUT2D eigenvalue weighted by molar-refractivity contribution is 6.28. The largest absolute Gasteiger partial charge is 0.351 e. The average Bonchev–Trinajstić information content (AvgIpc) is 2.89. The maximum atomic E-state index is 5.97. The molecule has 1 aliphatic carbocycles. The molecule has 1 aliphatic heterocycles. The molecule has 0 aromatic carbocycles. The smallest absolute Gasteiger partial charge is 0.231 e. The highest BCUT2D eigenvalue weighted by Crippen LogP contribution is 2.35. The second-order valence-electron chi connectivity index (χ2n) is 5.08. The second-order valence-corrected chi connectivity index (χ2v) is 5.42. The van der Waals surface area contributed by atoms with Crippen LogP contribution in [-0.2, 0) is 0 Å². The van der Waals surface area contributed by atoms with Crippen molar-refractivity contribution in [1.29, 1.82) is 0 Å². The topological polar surface area (TPSA) is 53.9 Å². The third-order valence-corrected chi connectivity index (χ3v) is 3.92. The predicted molar refractivity (Wildman–Crippen MR) is 72.1 cm³/mol. The van der Waals surface area contributed by atoms with E-state index >= 15 is 0 Å². The molecule has 5 nitrogen and oxygen atoms in total. The lowest BCUT2D eigenvalue weighted by atomic mass is 10.3. The molecule has 1 N–H and O–H groups in total. The Balaban J connectivity index is 1.73. The normalized spacial score (nSPS) is 26.4. The summed E-state index contributed by atoms with van der Waals surface area (Å²) >= 11 is 5.97. The van der Waals surface area contributed by atoms with Gasteiger partial charge in [0.15, 0.2) is 0 Å². The minimum atomic E-state index is 0.281. The molecule has 2 fully saturated rings. The van der Waals surface area contributed by atoms with E-state index in [9.17, 15) is 0 Å². The number of nitrogens with zero attached hydrogens (tertiary/aromatic N) is 4. The van der Waals surface area contributed by atoms with Gasteiger partial charge in [0.1, 0.15) is 0 Å². The van der Waals surface area contributed by atoms with Gasteiger partial charge in [-0.2, -0.15) is 15.0 Å². The van der Waals surface area contributed by atoms with Gasteiger partial charge in [-0.25, -0.2) is 0 Å². The summed E-state index contributed by atoms with van der Waals surface area (Å²) < 4.78 is 0. The van der Waals surface area contributed by atoms with Crippen molar-refractivity contribution in [3.8, 4) is 0 Å². The summed E-state index contributed by atoms with van der Waals surface area (Å²) in [6.07, 6.45) is 4.81. The standard InChI is InChI=1S/C12H18ClN5/c1-2-8-7-9(8)14-11-15-10(13)16-12(17-11)18-5-3-4-6-18/h8-9H,2-7H2,1H3,(H,14,15,16,17). The van der Waals surface area contributed by atoms with Crippen molar-refractivity contribution in [3.05, 3.63) is 5.28 Å². The number of hydrogen-bond acceptors (Lipinski definition) is 5. The zero-order valence-electron chi connectivity index (χ0n) is 10.6. The minimum absolute atomic E-state index is 0.281. The van der Waals surface area contributed by atoms with Crippen LogP contribution in [0.2, 0.25) is 5.28 Å². The number of anilines is 2. The van der Waals surface area contributed by atoms with Crippen LogP contribution in [-0.4, -0.2) is 34.1 Å². The van der Waals surface area contributed by atoms with Crippen molar-refractivity contribution >= 4 is 23.5 Å². The lowest BCUT2D eigenvalue weighted by Gasteiger charge is -2.15. The van der Waals surface area contributed by atoms with Crippen LogP contribution in [0.3, 0.4) is 0 Å². The molecule has 0 spiro atoms. The number of aromatic nitrogens is 3. The van der Waals surface area contributed by atoms with E-state index < -0.39 is 0 Å². The van der Waals surface area contributed by atoms with Crippen LogP contribution in [0.5, 0.6) is 0 Å². The molecule has 1 aromatic rings. The van der Waals surface area contributed by atoms with E-state index in [1.807, 2.05) is 0 Å². The van der Waals surface area contributed by atoms with Crippen LogP contribution in [0.1, 0.15) is 32.6 Å². The Bertz CT molecular complexity index is 432. The van der Waals surface area contributed by atoms with Crippen LogP contribution >= 0.6 is 11.6 Å². The number of hydrogen-bond donors (Lipinski definition) is 1. The van der Waals surface area contributed by atoms with Crippen molar-refractivity contribution < 1.29 is 0 Å². The Labute approximate surface area is 112 Å². The summed E-state index contributed by atoms with van der Waals surface area (Å²) in [4.78, 5) is 15.0. The van der Waals surface area contributed by atoms with Crippen molar-refractivity contribution in [1.82, 2.24) is 15.0 Å². The minimum Gasteiger partial charge on any atom is -0.351 e. The van der Waals surface area contributed by atoms with Gasteiger partial charge in [-0.05, 0) is 36.8 Å². The Morgan fingerprint density at radius 1 is 1.28 bits per heavy atom. The Morgan fingerprint density at radius 3 is 2.72 bits per heavy atom. The molecule has 0 bridgehead atoms. The van der Waals surface area contributed by atoms with Gasteiger partial charge in [0.05, 0.1) is 0 Å². The van der Waals surface area contributed by atoms with Gasteiger partial charge in [0.25, 0.3) is 0 Å². The zero-order valence-corrected chi connectivity index (χ0v) is 11.3. The highest BCUT2D eigenvalue weighted by Gasteiger charge is 2.36. The molecular formula is C12H18ClN5. The van der Waals surface area contributed by atoms with Crippen molar-refractivity contribution in [3.63, 3.8) is 0 Å². The lowest BCUT2D eigenvalue weighted by Crippen LogP contribution is -2.22. The number of rotatable bonds is 4. The molecule has 1 saturated heterocycles. The van der Waals surface area contributed by atoms with E-state index in [0.717, 1.165) is 19.0 Å². The van der Waals surface area contributed by atoms with E-state index in [-0.39, 0.29) is 5.28 Å². The highest BCUT2D eigenvalue weighted by atomic mass is 35.5. The van der Waals surface area contributed by atoms with E-state index in [0.29, 0.717) is 17.9 Å². The van der Waals surface area contributed by atoms with E-state index in [2.05, 4.69) is 32.1 Å². The monoisotopic (exact) mass is 267 g/mol. The first-order chi connectivity index (χ1) is 8.76. The fourth-order valence-corrected chi connectivity index (χ4v) is 2.66. The van der Waals surface area contributed by atoms with Crippen LogP contribution in [0.4, 0.5) is 11.9 Å². The van der Waals surface area contributed by atoms with E-state index in [1.165, 1.54) is 25.7 Å². The third-order valence-electron chi connectivity index (χ3n) is 3.75. The summed E-state index contributed by atoms with van der Waals surface area (Å²) in [5.74, 6) is 2.09. The molecule has 2 aliphatic rings. The van der Waals surface area contributed by atoms with E-state index in [1.54, 1.807) is 0 Å². The third kappa shape index (κ3) is 2.51. The molecule has 1 saturated carbocycles. The van der Waals surface area contributed by atoms with Crippen molar-refractivity contribution in [2.24, 2.45) is 5.92 Å². The van der Waals surface area contributed by atoms with Gasteiger partial charge in [-0.15, -0.1) is 0 Å². The molecule has 6 heteroatoms. The molecule has 18 heavy (non-hydrogen) atoms. The Kier molecular flexibility index (Phi) is 3.24. The second kappa shape index (κ2) is 4.88. The van der Waals surface area contributed by atoms with Crippen LogP contribution in [0.25, 0.3) is 0 Å². The molecule has 2 heterocycles. The summed E-state index contributed by atoms with van der Waals surface area (Å²) in [6.45, 7) is 4.24. The first-order valence-electron chi connectivity index (χ1n) is 6.69. The van der Waals surface area contributed by atoms with Gasteiger partial charge in [-0.1, -0.05) is 13.3 Å². The maximum Gasteiger partial charge on any atom is 0.231 e. The van der Waals surface area contributed by atoms with Crippen molar-refractivity contribution in [2.75, 3.05) is 23.3 Å². The molecule has 0 amide bonds. The first-order valence-corrected chi connectivity index (χ1v) is 7.07. The van der Waals surface area contributed by atoms with Gasteiger partial charge in [0.2, 0.25) is 17.2 Å². The molecule has 3 rings (SSSR count). The first kappa shape index (κ1) is 12.0. The molecular weight excluding hydrogens is 250 g/mol. The summed E-state index contributed by atoms with van der Waals surface area (Å²) in [7, 11) is 0. The lowest BCUT2D eigenvalue weighted by molar-refractivity contribution is 0.769. The zero-order chi connectivity index (χ0) is 12.5. The Morgan fingerprint density at radius 2 is 2.06 bits per heavy atom. The molecule has 2 unspecified atom stereocenters. The predicted octanol–water partition coefficient (Wildman–Crippen LogP) is 2.34. The number of halogens is 1. The quantitative estimate of drug-likeness (QED) is 0.907. The molecule has 2 atom stereocenters. The Hall–Kier alpha value is -1.10. The fourth-order valence-electron chi connectivity index (χ4n) is 2.50. The van der Waals surface area contributed by atoms with Gasteiger partial charge < -0.3 is 10.2 Å². The SMILES string of the molecule is CCC1CC1Nc1nc(Cl)nc(N2CCCC2)n1.